The van der Waals surface area contributed by atoms with E-state index in [0.717, 1.165) is 31.5 Å². The molecule has 0 aliphatic carbocycles. The van der Waals surface area contributed by atoms with Gasteiger partial charge in [-0.1, -0.05) is 5.16 Å². The summed E-state index contributed by atoms with van der Waals surface area (Å²) < 4.78 is 5.21. The molecule has 0 atom stereocenters. The Morgan fingerprint density at radius 1 is 1.22 bits per heavy atom. The monoisotopic (exact) mass is 243 g/mol. The molecule has 0 spiro atoms. The van der Waals surface area contributed by atoms with Crippen LogP contribution in [0.25, 0.3) is 11.3 Å². The number of aromatic nitrogens is 2. The minimum absolute atomic E-state index is 0.0449. The van der Waals surface area contributed by atoms with E-state index in [-0.39, 0.29) is 5.91 Å². The molecule has 0 aromatic carbocycles. The van der Waals surface area contributed by atoms with Crippen LogP contribution in [0.1, 0.15) is 23.3 Å². The maximum Gasteiger partial charge on any atom is 0.276 e. The predicted octanol–water partition coefficient (Wildman–Crippen LogP) is 1.97. The van der Waals surface area contributed by atoms with E-state index in [1.165, 1.54) is 0 Å². The van der Waals surface area contributed by atoms with Crippen molar-refractivity contribution < 1.29 is 9.32 Å². The van der Waals surface area contributed by atoms with Crippen molar-refractivity contribution in [3.63, 3.8) is 0 Å². The molecule has 3 heterocycles. The number of amides is 1. The molecule has 2 aromatic rings. The summed E-state index contributed by atoms with van der Waals surface area (Å²) in [5, 5.41) is 3.85. The Balaban J connectivity index is 1.83. The Morgan fingerprint density at radius 3 is 2.67 bits per heavy atom. The standard InChI is InChI=1S/C13H13N3O2/c17-13(16-7-1-2-8-16)11-9-12(18-15-11)10-3-5-14-6-4-10/h3-6,9H,1-2,7-8H2. The maximum absolute atomic E-state index is 12.1. The molecule has 1 fully saturated rings. The first-order valence-corrected chi connectivity index (χ1v) is 6.01. The van der Waals surface area contributed by atoms with Gasteiger partial charge in [0.1, 0.15) is 0 Å². The van der Waals surface area contributed by atoms with Gasteiger partial charge in [-0.05, 0) is 25.0 Å². The van der Waals surface area contributed by atoms with E-state index < -0.39 is 0 Å². The summed E-state index contributed by atoms with van der Waals surface area (Å²) in [7, 11) is 0. The van der Waals surface area contributed by atoms with Crippen molar-refractivity contribution in [2.75, 3.05) is 13.1 Å². The normalized spacial score (nSPS) is 15.0. The topological polar surface area (TPSA) is 59.2 Å². The van der Waals surface area contributed by atoms with Crippen LogP contribution in [0.15, 0.2) is 35.1 Å². The second-order valence-electron chi connectivity index (χ2n) is 4.31. The van der Waals surface area contributed by atoms with Crippen molar-refractivity contribution in [1.82, 2.24) is 15.0 Å². The molecule has 0 N–H and O–H groups in total. The molecule has 1 saturated heterocycles. The second kappa shape index (κ2) is 4.60. The van der Waals surface area contributed by atoms with Gasteiger partial charge in [-0.25, -0.2) is 0 Å². The van der Waals surface area contributed by atoms with Crippen LogP contribution in [0.4, 0.5) is 0 Å². The van der Waals surface area contributed by atoms with Crippen molar-refractivity contribution >= 4 is 5.91 Å². The zero-order valence-corrected chi connectivity index (χ0v) is 9.87. The Kier molecular flexibility index (Phi) is 2.80. The van der Waals surface area contributed by atoms with Gasteiger partial charge in [0, 0.05) is 37.1 Å². The fourth-order valence-corrected chi connectivity index (χ4v) is 2.11. The van der Waals surface area contributed by atoms with Gasteiger partial charge in [-0.3, -0.25) is 9.78 Å². The molecule has 0 saturated carbocycles. The predicted molar refractivity (Wildman–Crippen MR) is 64.9 cm³/mol. The van der Waals surface area contributed by atoms with E-state index in [2.05, 4.69) is 10.1 Å². The summed E-state index contributed by atoms with van der Waals surface area (Å²) in [5.74, 6) is 0.552. The molecule has 5 heteroatoms. The highest BCUT2D eigenvalue weighted by atomic mass is 16.5. The van der Waals surface area contributed by atoms with E-state index in [1.807, 2.05) is 17.0 Å². The SMILES string of the molecule is O=C(c1cc(-c2ccncc2)on1)N1CCCC1. The quantitative estimate of drug-likeness (QED) is 0.809. The minimum Gasteiger partial charge on any atom is -0.355 e. The third kappa shape index (κ3) is 1.99. The van der Waals surface area contributed by atoms with Crippen LogP contribution in [0.3, 0.4) is 0 Å². The molecular weight excluding hydrogens is 230 g/mol. The van der Waals surface area contributed by atoms with Crippen molar-refractivity contribution in [3.05, 3.63) is 36.3 Å². The number of carbonyl (C=O) groups is 1. The zero-order chi connectivity index (χ0) is 12.4. The lowest BCUT2D eigenvalue weighted by Gasteiger charge is -2.12. The van der Waals surface area contributed by atoms with Crippen molar-refractivity contribution in [2.45, 2.75) is 12.8 Å². The number of likely N-dealkylation sites (tertiary alicyclic amines) is 1. The molecule has 1 amide bonds. The highest BCUT2D eigenvalue weighted by molar-refractivity contribution is 5.93. The number of hydrogen-bond donors (Lipinski definition) is 0. The molecule has 18 heavy (non-hydrogen) atoms. The van der Waals surface area contributed by atoms with Gasteiger partial charge in [0.25, 0.3) is 5.91 Å². The van der Waals surface area contributed by atoms with Crippen LogP contribution in [-0.4, -0.2) is 34.0 Å². The first-order chi connectivity index (χ1) is 8.84. The molecule has 1 aliphatic rings. The molecule has 1 aliphatic heterocycles. The van der Waals surface area contributed by atoms with Gasteiger partial charge in [0.2, 0.25) is 0 Å². The lowest BCUT2D eigenvalue weighted by Crippen LogP contribution is -2.27. The van der Waals surface area contributed by atoms with E-state index in [0.29, 0.717) is 11.5 Å². The lowest BCUT2D eigenvalue weighted by molar-refractivity contribution is 0.0782. The van der Waals surface area contributed by atoms with Crippen LogP contribution >= 0.6 is 0 Å². The Morgan fingerprint density at radius 2 is 1.94 bits per heavy atom. The fourth-order valence-electron chi connectivity index (χ4n) is 2.11. The Labute approximate surface area is 104 Å². The van der Waals surface area contributed by atoms with Gasteiger partial charge in [0.05, 0.1) is 0 Å². The highest BCUT2D eigenvalue weighted by Gasteiger charge is 2.22. The molecule has 5 nitrogen and oxygen atoms in total. The molecule has 0 radical (unpaired) electrons. The average Bonchev–Trinajstić information content (AvgIpc) is 3.10. The van der Waals surface area contributed by atoms with Crippen molar-refractivity contribution in [1.29, 1.82) is 0 Å². The van der Waals surface area contributed by atoms with Gasteiger partial charge in [-0.2, -0.15) is 0 Å². The first kappa shape index (κ1) is 11.0. The minimum atomic E-state index is -0.0449. The first-order valence-electron chi connectivity index (χ1n) is 6.01. The summed E-state index contributed by atoms with van der Waals surface area (Å²) in [6.45, 7) is 1.63. The van der Waals surface area contributed by atoms with Crippen LogP contribution in [0.2, 0.25) is 0 Å². The highest BCUT2D eigenvalue weighted by Crippen LogP contribution is 2.20. The lowest BCUT2D eigenvalue weighted by atomic mass is 10.2. The molecule has 0 bridgehead atoms. The van der Waals surface area contributed by atoms with Gasteiger partial charge < -0.3 is 9.42 Å². The summed E-state index contributed by atoms with van der Waals surface area (Å²) in [6, 6.07) is 5.34. The Bertz CT molecular complexity index is 544. The third-order valence-corrected chi connectivity index (χ3v) is 3.09. The van der Waals surface area contributed by atoms with Gasteiger partial charge in [0.15, 0.2) is 11.5 Å². The van der Waals surface area contributed by atoms with Gasteiger partial charge in [-0.15, -0.1) is 0 Å². The number of pyridine rings is 1. The molecular formula is C13H13N3O2. The zero-order valence-electron chi connectivity index (χ0n) is 9.87. The van der Waals surface area contributed by atoms with E-state index >= 15 is 0 Å². The van der Waals surface area contributed by atoms with Crippen LogP contribution in [0, 0.1) is 0 Å². The molecule has 0 unspecified atom stereocenters. The molecule has 92 valence electrons. The molecule has 2 aromatic heterocycles. The fraction of sp³-hybridized carbons (Fsp3) is 0.308. The molecule has 3 rings (SSSR count). The van der Waals surface area contributed by atoms with Crippen LogP contribution < -0.4 is 0 Å². The van der Waals surface area contributed by atoms with E-state index in [4.69, 9.17) is 4.52 Å². The van der Waals surface area contributed by atoms with Crippen LogP contribution in [0.5, 0.6) is 0 Å². The van der Waals surface area contributed by atoms with Gasteiger partial charge >= 0.3 is 0 Å². The van der Waals surface area contributed by atoms with Crippen molar-refractivity contribution in [3.8, 4) is 11.3 Å². The summed E-state index contributed by atoms with van der Waals surface area (Å²) in [5.41, 5.74) is 1.25. The van der Waals surface area contributed by atoms with E-state index in [9.17, 15) is 4.79 Å². The largest absolute Gasteiger partial charge is 0.355 e. The Hall–Kier alpha value is -2.17. The number of hydrogen-bond acceptors (Lipinski definition) is 4. The maximum atomic E-state index is 12.1. The summed E-state index contributed by atoms with van der Waals surface area (Å²) in [4.78, 5) is 17.8. The van der Waals surface area contributed by atoms with Crippen molar-refractivity contribution in [2.24, 2.45) is 0 Å². The average molecular weight is 243 g/mol. The number of carbonyl (C=O) groups excluding carboxylic acids is 1. The van der Waals surface area contributed by atoms with E-state index in [1.54, 1.807) is 18.5 Å². The number of rotatable bonds is 2. The van der Waals surface area contributed by atoms with Crippen LogP contribution in [-0.2, 0) is 0 Å². The summed E-state index contributed by atoms with van der Waals surface area (Å²) in [6.07, 6.45) is 5.50. The smallest absolute Gasteiger partial charge is 0.276 e. The second-order valence-corrected chi connectivity index (χ2v) is 4.31. The summed E-state index contributed by atoms with van der Waals surface area (Å²) >= 11 is 0. The number of nitrogens with zero attached hydrogens (tertiary/aromatic N) is 3. The third-order valence-electron chi connectivity index (χ3n) is 3.09.